The number of aromatic nitrogens is 3. The Morgan fingerprint density at radius 1 is 1.35 bits per heavy atom. The Morgan fingerprint density at radius 3 is 2.65 bits per heavy atom. The number of aryl methyl sites for hydroxylation is 1. The first-order valence-corrected chi connectivity index (χ1v) is 6.20. The fraction of sp³-hybridized carbons (Fsp3) is 0.250. The normalized spacial score (nSPS) is 10.5. The summed E-state index contributed by atoms with van der Waals surface area (Å²) in [4.78, 5) is 11.0. The van der Waals surface area contributed by atoms with Crippen LogP contribution in [0.5, 0.6) is 0 Å². The van der Waals surface area contributed by atoms with Gasteiger partial charge in [0, 0.05) is 16.6 Å². The zero-order chi connectivity index (χ0) is 12.3. The number of aldehydes is 1. The van der Waals surface area contributed by atoms with Gasteiger partial charge in [-0.15, -0.1) is 5.10 Å². The van der Waals surface area contributed by atoms with E-state index in [1.165, 1.54) is 0 Å². The van der Waals surface area contributed by atoms with Gasteiger partial charge in [0.25, 0.3) is 0 Å². The van der Waals surface area contributed by atoms with Crippen LogP contribution in [0.2, 0.25) is 0 Å². The van der Waals surface area contributed by atoms with Crippen molar-refractivity contribution in [3.05, 3.63) is 34.4 Å². The van der Waals surface area contributed by atoms with Gasteiger partial charge in [0.2, 0.25) is 0 Å². The molecule has 0 amide bonds. The molecule has 0 bridgehead atoms. The molecule has 0 aliphatic rings. The molecule has 0 atom stereocenters. The molecular formula is C12H12BrN3O. The molecule has 17 heavy (non-hydrogen) atoms. The zero-order valence-corrected chi connectivity index (χ0v) is 11.0. The predicted molar refractivity (Wildman–Crippen MR) is 68.8 cm³/mol. The maximum atomic E-state index is 11.0. The van der Waals surface area contributed by atoms with Gasteiger partial charge in [-0.2, -0.15) is 0 Å². The third-order valence-corrected chi connectivity index (χ3v) is 2.95. The molecule has 1 aromatic heterocycles. The molecule has 0 N–H and O–H groups in total. The Kier molecular flexibility index (Phi) is 3.68. The molecule has 4 nitrogen and oxygen atoms in total. The van der Waals surface area contributed by atoms with Crippen molar-refractivity contribution in [2.24, 2.45) is 0 Å². The third-order valence-electron chi connectivity index (χ3n) is 2.43. The van der Waals surface area contributed by atoms with E-state index < -0.39 is 0 Å². The number of hydrogen-bond acceptors (Lipinski definition) is 3. The van der Waals surface area contributed by atoms with E-state index in [0.717, 1.165) is 35.0 Å². The molecule has 0 aliphatic carbocycles. The summed E-state index contributed by atoms with van der Waals surface area (Å²) in [6, 6.07) is 7.77. The second-order valence-corrected chi connectivity index (χ2v) is 4.59. The zero-order valence-electron chi connectivity index (χ0n) is 9.43. The van der Waals surface area contributed by atoms with E-state index in [9.17, 15) is 4.79 Å². The second-order valence-electron chi connectivity index (χ2n) is 3.67. The summed E-state index contributed by atoms with van der Waals surface area (Å²) in [6.45, 7) is 2.82. The van der Waals surface area contributed by atoms with Gasteiger partial charge in [-0.3, -0.25) is 4.79 Å². The lowest BCUT2D eigenvalue weighted by Gasteiger charge is -2.05. The highest BCUT2D eigenvalue weighted by Gasteiger charge is 2.13. The van der Waals surface area contributed by atoms with Crippen LogP contribution in [-0.2, 0) is 6.54 Å². The van der Waals surface area contributed by atoms with Crippen molar-refractivity contribution in [2.75, 3.05) is 0 Å². The maximum absolute atomic E-state index is 11.0. The minimum absolute atomic E-state index is 0.390. The number of carbonyl (C=O) groups excluding carboxylic acids is 1. The van der Waals surface area contributed by atoms with Crippen molar-refractivity contribution in [2.45, 2.75) is 19.9 Å². The van der Waals surface area contributed by atoms with Crippen LogP contribution in [0.4, 0.5) is 0 Å². The standard InChI is InChI=1S/C12H12BrN3O/c1-2-7-16-12(11(8-17)14-15-16)9-3-5-10(13)6-4-9/h3-6,8H,2,7H2,1H3. The molecule has 0 radical (unpaired) electrons. The Morgan fingerprint density at radius 2 is 2.06 bits per heavy atom. The Bertz CT molecular complexity index is 519. The molecule has 0 saturated heterocycles. The van der Waals surface area contributed by atoms with Crippen molar-refractivity contribution in [1.82, 2.24) is 15.0 Å². The van der Waals surface area contributed by atoms with Crippen LogP contribution in [0.15, 0.2) is 28.7 Å². The van der Waals surface area contributed by atoms with Gasteiger partial charge in [-0.1, -0.05) is 40.2 Å². The van der Waals surface area contributed by atoms with Gasteiger partial charge in [-0.25, -0.2) is 4.68 Å². The molecule has 0 fully saturated rings. The number of carbonyl (C=O) groups is 1. The number of halogens is 1. The molecule has 0 unspecified atom stereocenters. The summed E-state index contributed by atoms with van der Waals surface area (Å²) in [7, 11) is 0. The largest absolute Gasteiger partial charge is 0.296 e. The fourth-order valence-electron chi connectivity index (χ4n) is 1.68. The first-order chi connectivity index (χ1) is 8.26. The smallest absolute Gasteiger partial charge is 0.172 e. The van der Waals surface area contributed by atoms with Gasteiger partial charge in [-0.05, 0) is 18.6 Å². The van der Waals surface area contributed by atoms with Crippen molar-refractivity contribution >= 4 is 22.2 Å². The maximum Gasteiger partial charge on any atom is 0.172 e. The van der Waals surface area contributed by atoms with Gasteiger partial charge < -0.3 is 0 Å². The molecule has 2 rings (SSSR count). The van der Waals surface area contributed by atoms with Crippen molar-refractivity contribution < 1.29 is 4.79 Å². The number of benzene rings is 1. The quantitative estimate of drug-likeness (QED) is 0.815. The lowest BCUT2D eigenvalue weighted by molar-refractivity contribution is 0.111. The lowest BCUT2D eigenvalue weighted by Crippen LogP contribution is -2.02. The Balaban J connectivity index is 2.51. The molecule has 0 saturated carbocycles. The van der Waals surface area contributed by atoms with Crippen LogP contribution < -0.4 is 0 Å². The summed E-state index contributed by atoms with van der Waals surface area (Å²) >= 11 is 3.39. The van der Waals surface area contributed by atoms with E-state index in [4.69, 9.17) is 0 Å². The van der Waals surface area contributed by atoms with Gasteiger partial charge in [0.1, 0.15) is 0 Å². The molecule has 1 aromatic carbocycles. The molecule has 0 spiro atoms. The summed E-state index contributed by atoms with van der Waals surface area (Å²) in [5, 5.41) is 7.88. The summed E-state index contributed by atoms with van der Waals surface area (Å²) in [5.41, 5.74) is 2.13. The van der Waals surface area contributed by atoms with Crippen molar-refractivity contribution in [3.8, 4) is 11.3 Å². The molecule has 1 heterocycles. The van der Waals surface area contributed by atoms with E-state index in [2.05, 4.69) is 33.2 Å². The van der Waals surface area contributed by atoms with Crippen LogP contribution in [0, 0.1) is 0 Å². The van der Waals surface area contributed by atoms with E-state index in [0.29, 0.717) is 5.69 Å². The van der Waals surface area contributed by atoms with Crippen LogP contribution >= 0.6 is 15.9 Å². The lowest BCUT2D eigenvalue weighted by atomic mass is 10.1. The van der Waals surface area contributed by atoms with E-state index in [1.807, 2.05) is 24.3 Å². The van der Waals surface area contributed by atoms with E-state index in [1.54, 1.807) is 4.68 Å². The minimum atomic E-state index is 0.390. The highest BCUT2D eigenvalue weighted by atomic mass is 79.9. The number of rotatable bonds is 4. The highest BCUT2D eigenvalue weighted by Crippen LogP contribution is 2.23. The van der Waals surface area contributed by atoms with E-state index in [-0.39, 0.29) is 0 Å². The first kappa shape index (κ1) is 12.0. The van der Waals surface area contributed by atoms with Crippen molar-refractivity contribution in [1.29, 1.82) is 0 Å². The van der Waals surface area contributed by atoms with Crippen molar-refractivity contribution in [3.63, 3.8) is 0 Å². The average molecular weight is 294 g/mol. The van der Waals surface area contributed by atoms with Crippen LogP contribution in [0.25, 0.3) is 11.3 Å². The van der Waals surface area contributed by atoms with Gasteiger partial charge in [0.05, 0.1) is 5.69 Å². The van der Waals surface area contributed by atoms with E-state index >= 15 is 0 Å². The fourth-order valence-corrected chi connectivity index (χ4v) is 1.94. The highest BCUT2D eigenvalue weighted by molar-refractivity contribution is 9.10. The SMILES string of the molecule is CCCn1nnc(C=O)c1-c1ccc(Br)cc1. The van der Waals surface area contributed by atoms with Crippen LogP contribution in [0.3, 0.4) is 0 Å². The average Bonchev–Trinajstić information content (AvgIpc) is 2.74. The Hall–Kier alpha value is -1.49. The summed E-state index contributed by atoms with van der Waals surface area (Å²) < 4.78 is 2.77. The number of nitrogens with zero attached hydrogens (tertiary/aromatic N) is 3. The van der Waals surface area contributed by atoms with Gasteiger partial charge in [0.15, 0.2) is 12.0 Å². The van der Waals surface area contributed by atoms with Crippen LogP contribution in [-0.4, -0.2) is 21.3 Å². The summed E-state index contributed by atoms with van der Waals surface area (Å²) in [6.07, 6.45) is 1.70. The Labute approximate surface area is 108 Å². The minimum Gasteiger partial charge on any atom is -0.296 e. The third kappa shape index (κ3) is 2.44. The summed E-state index contributed by atoms with van der Waals surface area (Å²) in [5.74, 6) is 0. The van der Waals surface area contributed by atoms with Crippen LogP contribution in [0.1, 0.15) is 23.8 Å². The number of hydrogen-bond donors (Lipinski definition) is 0. The molecule has 0 aliphatic heterocycles. The molecule has 5 heteroatoms. The van der Waals surface area contributed by atoms with Gasteiger partial charge >= 0.3 is 0 Å². The molecule has 2 aromatic rings. The second kappa shape index (κ2) is 5.23. The molecule has 88 valence electrons. The predicted octanol–water partition coefficient (Wildman–Crippen LogP) is 2.93. The topological polar surface area (TPSA) is 47.8 Å². The molecular weight excluding hydrogens is 282 g/mol. The first-order valence-electron chi connectivity index (χ1n) is 5.41. The monoisotopic (exact) mass is 293 g/mol.